The highest BCUT2D eigenvalue weighted by Gasteiger charge is 2.34. The van der Waals surface area contributed by atoms with Crippen LogP contribution in [-0.2, 0) is 6.18 Å². The van der Waals surface area contributed by atoms with E-state index in [-0.39, 0.29) is 17.2 Å². The van der Waals surface area contributed by atoms with Gasteiger partial charge in [0, 0.05) is 37.4 Å². The SMILES string of the molecule is CNC(=O)c1cc(Oc2ccc(NC(=O)Nc3ccc4nccnc4c3)c(C(F)(F)F)c2)ccn1. The van der Waals surface area contributed by atoms with Gasteiger partial charge in [0.05, 0.1) is 22.3 Å². The van der Waals surface area contributed by atoms with Crippen molar-refractivity contribution in [3.63, 3.8) is 0 Å². The quantitative estimate of drug-likeness (QED) is 0.375. The number of nitrogens with zero attached hydrogens (tertiary/aromatic N) is 3. The molecule has 9 nitrogen and oxygen atoms in total. The number of amides is 3. The van der Waals surface area contributed by atoms with Crippen LogP contribution in [0.25, 0.3) is 11.0 Å². The molecule has 0 atom stereocenters. The van der Waals surface area contributed by atoms with Crippen LogP contribution in [0.2, 0.25) is 0 Å². The lowest BCUT2D eigenvalue weighted by atomic mass is 10.1. The Morgan fingerprint density at radius 2 is 1.57 bits per heavy atom. The number of benzene rings is 2. The summed E-state index contributed by atoms with van der Waals surface area (Å²) in [4.78, 5) is 36.2. The molecule has 35 heavy (non-hydrogen) atoms. The zero-order valence-electron chi connectivity index (χ0n) is 18.1. The summed E-state index contributed by atoms with van der Waals surface area (Å²) >= 11 is 0. The van der Waals surface area contributed by atoms with Crippen LogP contribution in [0.4, 0.5) is 29.3 Å². The van der Waals surface area contributed by atoms with E-state index in [1.165, 1.54) is 43.8 Å². The van der Waals surface area contributed by atoms with Crippen LogP contribution < -0.4 is 20.7 Å². The number of fused-ring (bicyclic) bond motifs is 1. The summed E-state index contributed by atoms with van der Waals surface area (Å²) in [6.07, 6.45) is -0.490. The standard InChI is InChI=1S/C23H17F3N6O3/c1-27-21(33)20-12-15(6-7-28-20)35-14-3-5-17(16(11-14)23(24,25)26)32-22(34)31-13-2-4-18-19(10-13)30-9-8-29-18/h2-12H,1H3,(H,27,33)(H2,31,32,34). The highest BCUT2D eigenvalue weighted by atomic mass is 19.4. The Balaban J connectivity index is 1.53. The van der Waals surface area contributed by atoms with Crippen LogP contribution in [-0.4, -0.2) is 33.9 Å². The third kappa shape index (κ3) is 5.61. The summed E-state index contributed by atoms with van der Waals surface area (Å²) in [7, 11) is 1.42. The van der Waals surface area contributed by atoms with E-state index >= 15 is 0 Å². The summed E-state index contributed by atoms with van der Waals surface area (Å²) < 4.78 is 46.7. The lowest BCUT2D eigenvalue weighted by Crippen LogP contribution is -2.22. The summed E-state index contributed by atoms with van der Waals surface area (Å²) in [5.74, 6) is -0.509. The van der Waals surface area contributed by atoms with E-state index in [0.29, 0.717) is 16.7 Å². The van der Waals surface area contributed by atoms with Gasteiger partial charge in [0.2, 0.25) is 0 Å². The normalized spacial score (nSPS) is 11.1. The van der Waals surface area contributed by atoms with Gasteiger partial charge in [0.15, 0.2) is 0 Å². The van der Waals surface area contributed by atoms with Crippen LogP contribution in [0.1, 0.15) is 16.1 Å². The molecule has 4 aromatic rings. The highest BCUT2D eigenvalue weighted by Crippen LogP contribution is 2.38. The first kappa shape index (κ1) is 23.4. The molecule has 2 aromatic heterocycles. The lowest BCUT2D eigenvalue weighted by molar-refractivity contribution is -0.137. The maximum absolute atomic E-state index is 13.7. The predicted octanol–water partition coefficient (Wildman–Crippen LogP) is 4.84. The van der Waals surface area contributed by atoms with Crippen molar-refractivity contribution in [2.75, 3.05) is 17.7 Å². The van der Waals surface area contributed by atoms with E-state index in [1.807, 2.05) is 0 Å². The molecule has 0 fully saturated rings. The van der Waals surface area contributed by atoms with Crippen molar-refractivity contribution in [3.05, 3.63) is 78.4 Å². The van der Waals surface area contributed by atoms with Gasteiger partial charge in [0.1, 0.15) is 17.2 Å². The number of anilines is 2. The van der Waals surface area contributed by atoms with Gasteiger partial charge >= 0.3 is 12.2 Å². The Morgan fingerprint density at radius 3 is 2.31 bits per heavy atom. The second-order valence-electron chi connectivity index (χ2n) is 7.10. The zero-order chi connectivity index (χ0) is 25.0. The van der Waals surface area contributed by atoms with Crippen molar-refractivity contribution in [3.8, 4) is 11.5 Å². The van der Waals surface area contributed by atoms with E-state index in [1.54, 1.807) is 18.2 Å². The molecule has 0 spiro atoms. The minimum atomic E-state index is -4.79. The molecule has 0 aliphatic rings. The number of carbonyl (C=O) groups excluding carboxylic acids is 2. The van der Waals surface area contributed by atoms with Crippen LogP contribution >= 0.6 is 0 Å². The van der Waals surface area contributed by atoms with Gasteiger partial charge in [0.25, 0.3) is 5.91 Å². The monoisotopic (exact) mass is 482 g/mol. The van der Waals surface area contributed by atoms with Crippen molar-refractivity contribution >= 4 is 34.3 Å². The Hall–Kier alpha value is -4.74. The Labute approximate surface area is 196 Å². The predicted molar refractivity (Wildman–Crippen MR) is 121 cm³/mol. The summed E-state index contributed by atoms with van der Waals surface area (Å²) in [6, 6.07) is 9.62. The van der Waals surface area contributed by atoms with E-state index in [9.17, 15) is 22.8 Å². The maximum atomic E-state index is 13.7. The van der Waals surface area contributed by atoms with Crippen LogP contribution in [0, 0.1) is 0 Å². The lowest BCUT2D eigenvalue weighted by Gasteiger charge is -2.16. The number of hydrogen-bond acceptors (Lipinski definition) is 6. The molecule has 0 bridgehead atoms. The minimum Gasteiger partial charge on any atom is -0.457 e. The fraction of sp³-hybridized carbons (Fsp3) is 0.0870. The third-order valence-corrected chi connectivity index (χ3v) is 4.70. The van der Waals surface area contributed by atoms with Crippen molar-refractivity contribution < 1.29 is 27.5 Å². The number of alkyl halides is 3. The van der Waals surface area contributed by atoms with Gasteiger partial charge in [-0.15, -0.1) is 0 Å². The number of urea groups is 1. The number of nitrogens with one attached hydrogen (secondary N) is 3. The van der Waals surface area contributed by atoms with Crippen LogP contribution in [0.15, 0.2) is 67.1 Å². The summed E-state index contributed by atoms with van der Waals surface area (Å²) in [5, 5.41) is 7.08. The second kappa shape index (κ2) is 9.63. The molecule has 3 amide bonds. The molecule has 0 unspecified atom stereocenters. The molecule has 2 heterocycles. The van der Waals surface area contributed by atoms with Crippen molar-refractivity contribution in [1.29, 1.82) is 0 Å². The highest BCUT2D eigenvalue weighted by molar-refractivity contribution is 6.01. The summed E-state index contributed by atoms with van der Waals surface area (Å²) in [5.41, 5.74) is -0.105. The topological polar surface area (TPSA) is 118 Å². The average Bonchev–Trinajstić information content (AvgIpc) is 2.84. The molecular weight excluding hydrogens is 465 g/mol. The number of aromatic nitrogens is 3. The van der Waals surface area contributed by atoms with Crippen molar-refractivity contribution in [2.24, 2.45) is 0 Å². The van der Waals surface area contributed by atoms with Gasteiger partial charge in [-0.3, -0.25) is 19.7 Å². The van der Waals surface area contributed by atoms with E-state index in [4.69, 9.17) is 4.74 Å². The van der Waals surface area contributed by atoms with Crippen molar-refractivity contribution in [2.45, 2.75) is 6.18 Å². The molecule has 0 saturated carbocycles. The fourth-order valence-electron chi connectivity index (χ4n) is 3.12. The first-order valence-electron chi connectivity index (χ1n) is 10.1. The first-order valence-corrected chi connectivity index (χ1v) is 10.1. The number of hydrogen-bond donors (Lipinski definition) is 3. The molecule has 12 heteroatoms. The molecule has 3 N–H and O–H groups in total. The Morgan fingerprint density at radius 1 is 0.829 bits per heavy atom. The average molecular weight is 482 g/mol. The molecule has 178 valence electrons. The smallest absolute Gasteiger partial charge is 0.418 e. The Kier molecular flexibility index (Phi) is 6.44. The number of rotatable bonds is 5. The second-order valence-corrected chi connectivity index (χ2v) is 7.10. The van der Waals surface area contributed by atoms with Crippen molar-refractivity contribution in [1.82, 2.24) is 20.3 Å². The fourth-order valence-corrected chi connectivity index (χ4v) is 3.12. The zero-order valence-corrected chi connectivity index (χ0v) is 18.1. The van der Waals surface area contributed by atoms with Gasteiger partial charge in [-0.1, -0.05) is 0 Å². The molecule has 0 saturated heterocycles. The van der Waals surface area contributed by atoms with Gasteiger partial charge < -0.3 is 20.7 Å². The number of ether oxygens (including phenoxy) is 1. The van der Waals surface area contributed by atoms with Gasteiger partial charge in [-0.05, 0) is 42.5 Å². The number of carbonyl (C=O) groups is 2. The molecule has 0 radical (unpaired) electrons. The molecule has 4 rings (SSSR count). The van der Waals surface area contributed by atoms with E-state index < -0.39 is 29.4 Å². The molecule has 2 aromatic carbocycles. The number of halogens is 3. The first-order chi connectivity index (χ1) is 16.7. The number of pyridine rings is 1. The molecular formula is C23H17F3N6O3. The third-order valence-electron chi connectivity index (χ3n) is 4.70. The molecule has 0 aliphatic carbocycles. The largest absolute Gasteiger partial charge is 0.457 e. The Bertz CT molecular complexity index is 1410. The van der Waals surface area contributed by atoms with E-state index in [2.05, 4.69) is 30.9 Å². The van der Waals surface area contributed by atoms with Gasteiger partial charge in [-0.25, -0.2) is 4.79 Å². The van der Waals surface area contributed by atoms with Gasteiger partial charge in [-0.2, -0.15) is 13.2 Å². The van der Waals surface area contributed by atoms with E-state index in [0.717, 1.165) is 12.1 Å². The summed E-state index contributed by atoms with van der Waals surface area (Å²) in [6.45, 7) is 0. The maximum Gasteiger partial charge on any atom is 0.418 e. The van der Waals surface area contributed by atoms with Crippen LogP contribution in [0.5, 0.6) is 11.5 Å². The van der Waals surface area contributed by atoms with Crippen LogP contribution in [0.3, 0.4) is 0 Å². The minimum absolute atomic E-state index is 0.0377. The molecule has 0 aliphatic heterocycles.